The van der Waals surface area contributed by atoms with Gasteiger partial charge >= 0.3 is 29.6 Å². The van der Waals surface area contributed by atoms with Crippen LogP contribution >= 0.6 is 7.92 Å². The molecule has 3 N–H and O–H groups in total. The third kappa shape index (κ3) is 126. The van der Waals surface area contributed by atoms with Gasteiger partial charge in [0, 0.05) is 46.4 Å². The van der Waals surface area contributed by atoms with Gasteiger partial charge in [0.25, 0.3) is 10.1 Å². The Morgan fingerprint density at radius 2 is 0.444 bits per heavy atom. The van der Waals surface area contributed by atoms with E-state index >= 15 is 0 Å². The number of benzene rings is 3. The average Bonchev–Trinajstić information content (AvgIpc) is 0.820. The summed E-state index contributed by atoms with van der Waals surface area (Å²) in [6.45, 7) is 32.1. The van der Waals surface area contributed by atoms with E-state index in [1.54, 1.807) is 28.4 Å². The van der Waals surface area contributed by atoms with Gasteiger partial charge in [-0.05, 0) is 29.4 Å². The van der Waals surface area contributed by atoms with E-state index in [9.17, 15) is 12.8 Å². The minimum absolute atomic E-state index is 0. The molecule has 0 spiro atoms. The second kappa shape index (κ2) is 130. The minimum Gasteiger partial charge on any atom is -0.394 e. The van der Waals surface area contributed by atoms with E-state index in [1.807, 2.05) is 0 Å². The first-order valence-corrected chi connectivity index (χ1v) is 47.8. The molecular weight excluding hydrogens is 1840 g/mol. The smallest absolute Gasteiger partial charge is 0.394 e. The van der Waals surface area contributed by atoms with Crippen LogP contribution in [-0.4, -0.2) is 478 Å². The van der Waals surface area contributed by atoms with E-state index in [0.29, 0.717) is 403 Å². The molecule has 0 amide bonds. The maximum atomic E-state index is 10.7. The molecule has 0 atom stereocenters. The van der Waals surface area contributed by atoms with E-state index in [-0.39, 0.29) is 49.4 Å². The summed E-state index contributed by atoms with van der Waals surface area (Å²) in [5, 5.41) is 16.1. The van der Waals surface area contributed by atoms with Crippen LogP contribution in [0.4, 0.5) is 4.39 Å². The van der Waals surface area contributed by atoms with Crippen molar-refractivity contribution < 1.29 is 205 Å². The molecule has 135 heavy (non-hydrogen) atoms. The quantitative estimate of drug-likeness (QED) is 0.0155. The number of ether oxygens (including phenoxy) is 32. The number of methoxy groups -OCH3 is 4. The number of nitrogens with zero attached hydrogens (tertiary/aromatic N) is 6. The molecule has 43 nitrogen and oxygen atoms in total. The zero-order chi connectivity index (χ0) is 98.8. The van der Waals surface area contributed by atoms with Crippen molar-refractivity contribution in [2.75, 3.05) is 465 Å². The van der Waals surface area contributed by atoms with E-state index < -0.39 is 25.2 Å². The number of hydrogen-bond acceptors (Lipinski definition) is 38. The van der Waals surface area contributed by atoms with Gasteiger partial charge in [0.2, 0.25) is 0 Å². The largest absolute Gasteiger partial charge is 1.00 e. The molecule has 0 fully saturated rings. The Kier molecular flexibility index (Phi) is 133. The fourth-order valence-corrected chi connectivity index (χ4v) is 11.7. The molecule has 47 heteroatoms. The zero-order valence-corrected chi connectivity index (χ0v) is 85.1. The monoisotopic (exact) mass is 2000 g/mol. The summed E-state index contributed by atoms with van der Waals surface area (Å²) in [4.78, 5) is 4.13. The molecule has 0 aliphatic rings. The van der Waals surface area contributed by atoms with Crippen LogP contribution in [0.3, 0.4) is 0 Å². The third-order valence-electron chi connectivity index (χ3n) is 15.1. The average molecular weight is 2000 g/mol. The Labute approximate surface area is 826 Å². The van der Waals surface area contributed by atoms with Gasteiger partial charge < -0.3 is 173 Å². The number of nitrogens with two attached hydrogens (primary N) is 1. The van der Waals surface area contributed by atoms with Crippen LogP contribution in [0.15, 0.2) is 96.1 Å². The zero-order valence-electron chi connectivity index (χ0n) is 82.4. The molecule has 0 saturated heterocycles. The van der Waals surface area contributed by atoms with Gasteiger partial charge in [0.05, 0.1) is 424 Å². The van der Waals surface area contributed by atoms with Gasteiger partial charge in [0.1, 0.15) is 0 Å². The molecule has 0 bridgehead atoms. The first kappa shape index (κ1) is 137. The first-order chi connectivity index (χ1) is 66.6. The van der Waals surface area contributed by atoms with Crippen LogP contribution in [0, 0.1) is 0 Å². The van der Waals surface area contributed by atoms with Crippen molar-refractivity contribution in [1.82, 2.24) is 0 Å². The third-order valence-corrected chi connectivity index (χ3v) is 18.2. The van der Waals surface area contributed by atoms with Crippen LogP contribution in [0.25, 0.3) is 26.4 Å². The van der Waals surface area contributed by atoms with Crippen molar-refractivity contribution in [1.29, 1.82) is 0 Å². The predicted octanol–water partition coefficient (Wildman–Crippen LogP) is 2.13. The molecule has 3 rings (SSSR count). The number of azide groups is 1. The van der Waals surface area contributed by atoms with Gasteiger partial charge in [-0.25, -0.2) is 0 Å². The van der Waals surface area contributed by atoms with Crippen molar-refractivity contribution in [3.63, 3.8) is 0 Å². The van der Waals surface area contributed by atoms with Crippen LogP contribution < -0.4 is 51.2 Å². The molecule has 0 aliphatic carbocycles. The van der Waals surface area contributed by atoms with Crippen LogP contribution in [0.1, 0.15) is 1.37 Å². The van der Waals surface area contributed by atoms with E-state index in [0.717, 1.165) is 6.26 Å². The van der Waals surface area contributed by atoms with Crippen LogP contribution in [-0.2, 0) is 166 Å². The number of hydrogen-bond donors (Lipinski definition) is 2. The van der Waals surface area contributed by atoms with Gasteiger partial charge in [-0.1, -0.05) is 96.1 Å². The Morgan fingerprint density at radius 1 is 0.296 bits per heavy atom. The van der Waals surface area contributed by atoms with Crippen molar-refractivity contribution in [2.45, 2.75) is 0 Å². The molecule has 0 saturated carbocycles. The molecular formula is C88H164FN7NaO36PS. The van der Waals surface area contributed by atoms with Crippen LogP contribution in [0.2, 0.25) is 0 Å². The maximum absolute atomic E-state index is 10.7. The Morgan fingerprint density at radius 3 is 0.593 bits per heavy atom. The molecule has 0 heterocycles. The fourth-order valence-electron chi connectivity index (χ4n) is 8.98. The molecule has 0 radical (unpaired) electrons. The van der Waals surface area contributed by atoms with Crippen molar-refractivity contribution in [2.24, 2.45) is 10.8 Å². The summed E-state index contributed by atoms with van der Waals surface area (Å²) < 4.78 is 210. The summed E-state index contributed by atoms with van der Waals surface area (Å²) in [6.07, 6.45) is 0.997. The normalized spacial score (nSPS) is 11.0. The number of halogens is 1. The Bertz CT molecular complexity index is 2680. The number of alkyl halides is 1. The Hall–Kier alpha value is -3.81. The van der Waals surface area contributed by atoms with E-state index in [4.69, 9.17) is 180 Å². The second-order valence-corrected chi connectivity index (χ2v) is 29.4. The standard InChI is InChI=1S/C18H38O11S.C18H15P.C17H35N3O8.C17H37NO8.C17H36O9.CH3F.N3.Na/c1-21-3-4-22-5-6-23-7-8-24-9-10-25-11-12-26-13-14-27-15-16-28-17-18-29-30(2,19)20;1-4-10-16(11-5-1)19(17-12-6-2-7-13-17)18-14-8-3-9-15-18;1-21-4-5-23-8-9-25-12-13-27-16-17-28-15-14-26-11-10-24-7-6-22-3-2-19-20-18;2*1-19-4-5-21-8-9-23-12-13-25-16-17-26-15-14-24-11-10-22-7-6-20-3-2-18;1-2;1-3-2;/h3-18H2,1-2H3;1-15H;2-17H2,1H3;2-18H2,1H3;18H,2-17H2,1H3;1H3;;/q;;;;;;-1;+1/i;;;;;1D;;. The van der Waals surface area contributed by atoms with Crippen molar-refractivity contribution >= 4 is 34.0 Å². The number of aliphatic hydroxyl groups excluding tert-OH is 1. The number of rotatable bonds is 98. The SMILES string of the molecule is COCCOCCOCCOCCOCCOCCOCCOCCN.COCCOCCOCCOCCOCCOCCOCCOCCN=[N+]=[N-].COCCOCCOCCOCCOCCOCCOCCOCCO.COCCOCCOCCOCCOCCOCCOCCOCCOS(C)(=O)=O.[2H]CF.[N-]=[N+]=[N-].[Na+].c1ccc(P(c2ccccc2)c2ccccc2)cc1. The fraction of sp³-hybridized carbons (Fsp3) is 0.795. The summed E-state index contributed by atoms with van der Waals surface area (Å²) in [5.74, 6) is 0. The Balaban J connectivity index is -0.000000519. The maximum Gasteiger partial charge on any atom is 1.00 e. The van der Waals surface area contributed by atoms with Gasteiger partial charge in [-0.15, -0.1) is 0 Å². The molecule has 786 valence electrons. The summed E-state index contributed by atoms with van der Waals surface area (Å²) in [5.41, 5.74) is 26.9. The van der Waals surface area contributed by atoms with Crippen LogP contribution in [0.5, 0.6) is 0 Å². The molecule has 3 aromatic carbocycles. The first-order valence-electron chi connectivity index (χ1n) is 45.4. The summed E-state index contributed by atoms with van der Waals surface area (Å²) in [6, 6.07) is 32.3. The summed E-state index contributed by atoms with van der Waals surface area (Å²) in [7, 11) is 1.71. The second-order valence-electron chi connectivity index (χ2n) is 25.5. The predicted molar refractivity (Wildman–Crippen MR) is 504 cm³/mol. The van der Waals surface area contributed by atoms with Gasteiger partial charge in [-0.2, -0.15) is 8.42 Å². The topological polar surface area (TPSA) is 492 Å². The number of aliphatic hydroxyl groups is 1. The van der Waals surface area contributed by atoms with E-state index in [2.05, 4.69) is 105 Å². The minimum atomic E-state index is -3.41. The molecule has 3 aromatic rings. The van der Waals surface area contributed by atoms with Gasteiger partial charge in [-0.3, -0.25) is 13.5 Å². The summed E-state index contributed by atoms with van der Waals surface area (Å²) >= 11 is 0. The van der Waals surface area contributed by atoms with Crippen molar-refractivity contribution in [3.05, 3.63) is 117 Å². The molecule has 0 unspecified atom stereocenters. The molecule has 0 aromatic heterocycles. The van der Waals surface area contributed by atoms with Crippen molar-refractivity contribution in [3.8, 4) is 0 Å². The van der Waals surface area contributed by atoms with E-state index in [1.165, 1.54) is 20.8 Å². The molecule has 0 aliphatic heterocycles. The van der Waals surface area contributed by atoms with Gasteiger partial charge in [0.15, 0.2) is 0 Å².